The maximum atomic E-state index is 6.14. The second-order valence-electron chi connectivity index (χ2n) is 4.57. The fourth-order valence-electron chi connectivity index (χ4n) is 2.15. The minimum Gasteiger partial charge on any atom is -0.326 e. The lowest BCUT2D eigenvalue weighted by Crippen LogP contribution is -2.36. The van der Waals surface area contributed by atoms with E-state index in [9.17, 15) is 0 Å². The minimum absolute atomic E-state index is 0.0372. The van der Waals surface area contributed by atoms with Gasteiger partial charge in [0, 0.05) is 22.3 Å². The number of halogens is 2. The Hall–Kier alpha value is -0.100. The van der Waals surface area contributed by atoms with Gasteiger partial charge in [0.25, 0.3) is 0 Å². The van der Waals surface area contributed by atoms with Gasteiger partial charge in [-0.15, -0.1) is 22.7 Å². The van der Waals surface area contributed by atoms with E-state index in [-0.39, 0.29) is 12.1 Å². The summed E-state index contributed by atoms with van der Waals surface area (Å²) in [6, 6.07) is 8.17. The van der Waals surface area contributed by atoms with Crippen molar-refractivity contribution in [3.05, 3.63) is 42.7 Å². The number of rotatable bonds is 5. The largest absolute Gasteiger partial charge is 0.326 e. The summed E-state index contributed by atoms with van der Waals surface area (Å²) in [4.78, 5) is 4.68. The Labute approximate surface area is 131 Å². The Morgan fingerprint density at radius 2 is 1.79 bits per heavy atom. The van der Waals surface area contributed by atoms with Gasteiger partial charge in [-0.05, 0) is 38.2 Å². The van der Waals surface area contributed by atoms with Crippen molar-refractivity contribution in [1.82, 2.24) is 4.90 Å². The molecule has 0 spiro atoms. The van der Waals surface area contributed by atoms with E-state index in [2.05, 4.69) is 24.1 Å². The van der Waals surface area contributed by atoms with Crippen molar-refractivity contribution in [2.45, 2.75) is 25.6 Å². The average molecular weight is 335 g/mol. The molecule has 0 amide bonds. The molecule has 104 valence electrons. The molecule has 0 aliphatic heterocycles. The summed E-state index contributed by atoms with van der Waals surface area (Å²) in [5, 5.41) is 0. The third kappa shape index (κ3) is 3.94. The molecule has 2 N–H and O–H groups in total. The second kappa shape index (κ2) is 6.57. The number of likely N-dealkylation sites (N-methyl/N-ethyl adjacent to an activating group) is 1. The van der Waals surface area contributed by atoms with E-state index in [0.717, 1.165) is 15.2 Å². The van der Waals surface area contributed by atoms with Crippen LogP contribution < -0.4 is 5.73 Å². The number of hydrogen-bond acceptors (Lipinski definition) is 4. The van der Waals surface area contributed by atoms with E-state index in [4.69, 9.17) is 28.9 Å². The van der Waals surface area contributed by atoms with Gasteiger partial charge in [-0.1, -0.05) is 23.2 Å². The average Bonchev–Trinajstić information content (AvgIpc) is 2.88. The van der Waals surface area contributed by atoms with E-state index in [1.54, 1.807) is 22.7 Å². The van der Waals surface area contributed by atoms with Gasteiger partial charge in [0.05, 0.1) is 14.7 Å². The molecule has 0 saturated heterocycles. The van der Waals surface area contributed by atoms with Crippen molar-refractivity contribution < 1.29 is 0 Å². The summed E-state index contributed by atoms with van der Waals surface area (Å²) >= 11 is 15.2. The van der Waals surface area contributed by atoms with Gasteiger partial charge in [-0.3, -0.25) is 4.90 Å². The zero-order chi connectivity index (χ0) is 14.0. The van der Waals surface area contributed by atoms with Crippen LogP contribution in [-0.2, 0) is 6.54 Å². The smallest absolute Gasteiger partial charge is 0.0931 e. The first-order valence-electron chi connectivity index (χ1n) is 5.92. The van der Waals surface area contributed by atoms with Crippen LogP contribution in [0.15, 0.2) is 24.3 Å². The van der Waals surface area contributed by atoms with Gasteiger partial charge in [-0.25, -0.2) is 0 Å². The van der Waals surface area contributed by atoms with Crippen LogP contribution in [0.2, 0.25) is 8.67 Å². The molecule has 2 rings (SSSR count). The topological polar surface area (TPSA) is 29.3 Å². The van der Waals surface area contributed by atoms with Crippen molar-refractivity contribution in [2.24, 2.45) is 5.73 Å². The molecule has 0 fully saturated rings. The van der Waals surface area contributed by atoms with Crippen LogP contribution in [0.3, 0.4) is 0 Å². The highest BCUT2D eigenvalue weighted by Gasteiger charge is 2.23. The first kappa shape index (κ1) is 15.3. The zero-order valence-corrected chi connectivity index (χ0v) is 13.9. The predicted octanol–water partition coefficient (Wildman–Crippen LogP) is 4.64. The summed E-state index contributed by atoms with van der Waals surface area (Å²) in [5.41, 5.74) is 6.14. The number of hydrogen-bond donors (Lipinski definition) is 1. The highest BCUT2D eigenvalue weighted by atomic mass is 35.5. The Kier molecular flexibility index (Phi) is 5.29. The van der Waals surface area contributed by atoms with Gasteiger partial charge < -0.3 is 5.73 Å². The van der Waals surface area contributed by atoms with Crippen molar-refractivity contribution >= 4 is 45.9 Å². The minimum atomic E-state index is 0.0372. The van der Waals surface area contributed by atoms with E-state index in [1.807, 2.05) is 19.1 Å². The van der Waals surface area contributed by atoms with Crippen LogP contribution in [0.1, 0.15) is 22.7 Å². The molecule has 2 atom stereocenters. The molecular weight excluding hydrogens is 319 g/mol. The van der Waals surface area contributed by atoms with Gasteiger partial charge in [-0.2, -0.15) is 0 Å². The van der Waals surface area contributed by atoms with Crippen molar-refractivity contribution in [3.63, 3.8) is 0 Å². The molecule has 0 radical (unpaired) electrons. The number of nitrogens with zero attached hydrogens (tertiary/aromatic N) is 1. The van der Waals surface area contributed by atoms with Crippen molar-refractivity contribution in [1.29, 1.82) is 0 Å². The summed E-state index contributed by atoms with van der Waals surface area (Å²) in [6.07, 6.45) is 0. The number of nitrogens with two attached hydrogens (primary N) is 1. The maximum Gasteiger partial charge on any atom is 0.0931 e. The van der Waals surface area contributed by atoms with Crippen molar-refractivity contribution in [2.75, 3.05) is 7.05 Å². The third-order valence-electron chi connectivity index (χ3n) is 2.89. The molecule has 0 aromatic carbocycles. The molecule has 2 unspecified atom stereocenters. The quantitative estimate of drug-likeness (QED) is 0.863. The molecule has 2 aromatic heterocycles. The molecule has 2 nitrogen and oxygen atoms in total. The van der Waals surface area contributed by atoms with Gasteiger partial charge in [0.1, 0.15) is 0 Å². The maximum absolute atomic E-state index is 6.14. The molecule has 0 aliphatic carbocycles. The summed E-state index contributed by atoms with van der Waals surface area (Å²) < 4.78 is 1.62. The molecule has 19 heavy (non-hydrogen) atoms. The molecular formula is C13H16Cl2N2S2. The standard InChI is InChI=1S/C13H16Cl2N2S2/c1-8(16)13(10-4-6-12(15)19-10)17(2)7-9-3-5-11(14)18-9/h3-6,8,13H,7,16H2,1-2H3. The van der Waals surface area contributed by atoms with Crippen LogP contribution in [0.5, 0.6) is 0 Å². The first-order valence-corrected chi connectivity index (χ1v) is 8.31. The van der Waals surface area contributed by atoms with Crippen LogP contribution in [0.4, 0.5) is 0 Å². The first-order chi connectivity index (χ1) is 8.97. The summed E-state index contributed by atoms with van der Waals surface area (Å²) in [7, 11) is 2.08. The van der Waals surface area contributed by atoms with Crippen LogP contribution >= 0.6 is 45.9 Å². The van der Waals surface area contributed by atoms with Gasteiger partial charge in [0.15, 0.2) is 0 Å². The van der Waals surface area contributed by atoms with Crippen LogP contribution in [0, 0.1) is 0 Å². The van der Waals surface area contributed by atoms with E-state index < -0.39 is 0 Å². The summed E-state index contributed by atoms with van der Waals surface area (Å²) in [5.74, 6) is 0. The molecule has 6 heteroatoms. The Morgan fingerprint density at radius 3 is 2.26 bits per heavy atom. The second-order valence-corrected chi connectivity index (χ2v) is 8.11. The van der Waals surface area contributed by atoms with E-state index in [1.165, 1.54) is 9.75 Å². The molecule has 0 saturated carbocycles. The zero-order valence-electron chi connectivity index (χ0n) is 10.8. The normalized spacial score (nSPS) is 14.8. The summed E-state index contributed by atoms with van der Waals surface area (Å²) in [6.45, 7) is 2.86. The Bertz CT molecular complexity index is 536. The lowest BCUT2D eigenvalue weighted by Gasteiger charge is -2.29. The molecule has 0 aliphatic rings. The molecule has 0 bridgehead atoms. The van der Waals surface area contributed by atoms with Gasteiger partial charge >= 0.3 is 0 Å². The monoisotopic (exact) mass is 334 g/mol. The van der Waals surface area contributed by atoms with E-state index >= 15 is 0 Å². The lowest BCUT2D eigenvalue weighted by atomic mass is 10.1. The van der Waals surface area contributed by atoms with E-state index in [0.29, 0.717) is 0 Å². The fourth-order valence-corrected chi connectivity index (χ4v) is 4.64. The Morgan fingerprint density at radius 1 is 1.16 bits per heavy atom. The highest BCUT2D eigenvalue weighted by molar-refractivity contribution is 7.16. The predicted molar refractivity (Wildman–Crippen MR) is 86.5 cm³/mol. The third-order valence-corrected chi connectivity index (χ3v) is 5.41. The molecule has 2 aromatic rings. The van der Waals surface area contributed by atoms with Crippen LogP contribution in [0.25, 0.3) is 0 Å². The SMILES string of the molecule is CC(N)C(c1ccc(Cl)s1)N(C)Cc1ccc(Cl)s1. The highest BCUT2D eigenvalue weighted by Crippen LogP contribution is 2.33. The fraction of sp³-hybridized carbons (Fsp3) is 0.385. The number of thiophene rings is 2. The lowest BCUT2D eigenvalue weighted by molar-refractivity contribution is 0.216. The van der Waals surface area contributed by atoms with Gasteiger partial charge in [0.2, 0.25) is 0 Å². The van der Waals surface area contributed by atoms with Crippen LogP contribution in [-0.4, -0.2) is 18.0 Å². The van der Waals surface area contributed by atoms with Crippen molar-refractivity contribution in [3.8, 4) is 0 Å². The molecule has 2 heterocycles. The Balaban J connectivity index is 2.15.